The van der Waals surface area contributed by atoms with E-state index in [9.17, 15) is 19.1 Å². The van der Waals surface area contributed by atoms with Gasteiger partial charge in [-0.3, -0.25) is 4.79 Å². The van der Waals surface area contributed by atoms with Gasteiger partial charge in [-0.2, -0.15) is 0 Å². The molecule has 0 radical (unpaired) electrons. The van der Waals surface area contributed by atoms with E-state index in [-0.39, 0.29) is 36.6 Å². The molecule has 0 aliphatic heterocycles. The van der Waals surface area contributed by atoms with Crippen LogP contribution in [-0.2, 0) is 4.79 Å². The highest BCUT2D eigenvalue weighted by Crippen LogP contribution is 2.34. The molecule has 1 aliphatic carbocycles. The fourth-order valence-corrected chi connectivity index (χ4v) is 3.99. The maximum absolute atomic E-state index is 14.8. The van der Waals surface area contributed by atoms with E-state index in [1.54, 1.807) is 37.4 Å². The third-order valence-electron chi connectivity index (χ3n) is 6.28. The number of halogens is 1. The first kappa shape index (κ1) is 28.0. The van der Waals surface area contributed by atoms with Gasteiger partial charge in [0.15, 0.2) is 0 Å². The number of anilines is 2. The molecule has 1 fully saturated rings. The minimum Gasteiger partial charge on any atom is -0.475 e. The van der Waals surface area contributed by atoms with Crippen LogP contribution in [0.3, 0.4) is 0 Å². The number of ether oxygens (including phenoxy) is 1. The number of hydrogen-bond donors (Lipinski definition) is 4. The van der Waals surface area contributed by atoms with E-state index in [4.69, 9.17) is 4.74 Å². The number of amides is 3. The van der Waals surface area contributed by atoms with Gasteiger partial charge in [-0.25, -0.2) is 19.2 Å². The van der Waals surface area contributed by atoms with Gasteiger partial charge in [-0.15, -0.1) is 0 Å². The summed E-state index contributed by atoms with van der Waals surface area (Å²) in [6.45, 7) is 6.23. The van der Waals surface area contributed by atoms with Crippen LogP contribution in [-0.4, -0.2) is 46.8 Å². The zero-order valence-electron chi connectivity index (χ0n) is 22.4. The SMILES string of the molecule is Cc1cc(F)c(NC(=O)NCCC(C)C)cc1-c1cc(OCCO)nc(-c2ccnc(NC(=O)C3CC3)c2)c1. The number of pyridine rings is 2. The van der Waals surface area contributed by atoms with E-state index in [1.165, 1.54) is 6.07 Å². The number of rotatable bonds is 11. The lowest BCUT2D eigenvalue weighted by Gasteiger charge is -2.15. The maximum atomic E-state index is 14.8. The number of aromatic nitrogens is 2. The first-order chi connectivity index (χ1) is 18.7. The highest BCUT2D eigenvalue weighted by molar-refractivity contribution is 5.94. The molecule has 2 heterocycles. The molecule has 0 bridgehead atoms. The molecule has 3 amide bonds. The lowest BCUT2D eigenvalue weighted by molar-refractivity contribution is -0.117. The van der Waals surface area contributed by atoms with Gasteiger partial charge >= 0.3 is 6.03 Å². The Kier molecular flexibility index (Phi) is 9.08. The minimum atomic E-state index is -0.550. The Labute approximate surface area is 227 Å². The number of aliphatic hydroxyl groups excluding tert-OH is 1. The molecule has 206 valence electrons. The van der Waals surface area contributed by atoms with Crippen LogP contribution >= 0.6 is 0 Å². The van der Waals surface area contributed by atoms with Gasteiger partial charge in [0, 0.05) is 30.3 Å². The molecule has 39 heavy (non-hydrogen) atoms. The Bertz CT molecular complexity index is 1340. The van der Waals surface area contributed by atoms with Crippen molar-refractivity contribution in [2.75, 3.05) is 30.4 Å². The number of urea groups is 1. The summed E-state index contributed by atoms with van der Waals surface area (Å²) in [6.07, 6.45) is 4.16. The van der Waals surface area contributed by atoms with Gasteiger partial charge in [0.2, 0.25) is 11.8 Å². The van der Waals surface area contributed by atoms with Crippen LogP contribution in [0, 0.1) is 24.6 Å². The summed E-state index contributed by atoms with van der Waals surface area (Å²) in [5, 5.41) is 17.5. The molecular formula is C29H34FN5O4. The van der Waals surface area contributed by atoms with Crippen molar-refractivity contribution in [1.29, 1.82) is 0 Å². The normalized spacial score (nSPS) is 12.8. The number of benzene rings is 1. The summed E-state index contributed by atoms with van der Waals surface area (Å²) >= 11 is 0. The molecule has 0 spiro atoms. The van der Waals surface area contributed by atoms with Crippen LogP contribution in [0.15, 0.2) is 42.6 Å². The average Bonchev–Trinajstić information content (AvgIpc) is 3.75. The molecule has 1 aliphatic rings. The monoisotopic (exact) mass is 535 g/mol. The smallest absolute Gasteiger partial charge is 0.319 e. The van der Waals surface area contributed by atoms with Crippen LogP contribution < -0.4 is 20.7 Å². The molecule has 3 aromatic rings. The van der Waals surface area contributed by atoms with E-state index in [2.05, 4.69) is 39.8 Å². The van der Waals surface area contributed by atoms with Crippen molar-refractivity contribution in [3.63, 3.8) is 0 Å². The minimum absolute atomic E-state index is 0.0388. The number of hydrogen-bond acceptors (Lipinski definition) is 6. The predicted molar refractivity (Wildman–Crippen MR) is 148 cm³/mol. The second-order valence-electron chi connectivity index (χ2n) is 10.1. The van der Waals surface area contributed by atoms with Crippen molar-refractivity contribution in [2.45, 2.75) is 40.0 Å². The Morgan fingerprint density at radius 2 is 1.92 bits per heavy atom. The third-order valence-corrected chi connectivity index (χ3v) is 6.28. The van der Waals surface area contributed by atoms with Gasteiger partial charge in [-0.1, -0.05) is 13.8 Å². The third kappa shape index (κ3) is 7.73. The van der Waals surface area contributed by atoms with Crippen LogP contribution in [0.1, 0.15) is 38.7 Å². The quantitative estimate of drug-likeness (QED) is 0.269. The summed E-state index contributed by atoms with van der Waals surface area (Å²) in [5.74, 6) is 0.554. The molecule has 4 rings (SSSR count). The zero-order valence-corrected chi connectivity index (χ0v) is 22.4. The van der Waals surface area contributed by atoms with Crippen molar-refractivity contribution in [3.05, 3.63) is 54.0 Å². The second kappa shape index (κ2) is 12.7. The molecule has 1 saturated carbocycles. The summed E-state index contributed by atoms with van der Waals surface area (Å²) < 4.78 is 20.4. The van der Waals surface area contributed by atoms with Crippen LogP contribution in [0.2, 0.25) is 0 Å². The molecule has 2 aromatic heterocycles. The number of nitrogens with zero attached hydrogens (tertiary/aromatic N) is 2. The largest absolute Gasteiger partial charge is 0.475 e. The fourth-order valence-electron chi connectivity index (χ4n) is 3.99. The van der Waals surface area contributed by atoms with Crippen molar-refractivity contribution in [3.8, 4) is 28.3 Å². The fraction of sp³-hybridized carbons (Fsp3) is 0.379. The van der Waals surface area contributed by atoms with Gasteiger partial charge in [0.05, 0.1) is 18.0 Å². The maximum Gasteiger partial charge on any atom is 0.319 e. The number of carbonyl (C=O) groups is 2. The molecule has 10 heteroatoms. The van der Waals surface area contributed by atoms with Gasteiger partial charge in [0.25, 0.3) is 0 Å². The van der Waals surface area contributed by atoms with Gasteiger partial charge in [0.1, 0.15) is 18.2 Å². The second-order valence-corrected chi connectivity index (χ2v) is 10.1. The first-order valence-electron chi connectivity index (χ1n) is 13.1. The predicted octanol–water partition coefficient (Wildman–Crippen LogP) is 5.15. The average molecular weight is 536 g/mol. The van der Waals surface area contributed by atoms with E-state index < -0.39 is 11.8 Å². The number of aliphatic hydroxyl groups is 1. The molecule has 1 aromatic carbocycles. The Morgan fingerprint density at radius 3 is 2.64 bits per heavy atom. The molecule has 9 nitrogen and oxygen atoms in total. The van der Waals surface area contributed by atoms with Crippen molar-refractivity contribution in [1.82, 2.24) is 15.3 Å². The molecule has 0 unspecified atom stereocenters. The van der Waals surface area contributed by atoms with Crippen molar-refractivity contribution < 1.29 is 23.8 Å². The lowest BCUT2D eigenvalue weighted by atomic mass is 9.98. The van der Waals surface area contributed by atoms with Crippen LogP contribution in [0.4, 0.5) is 20.7 Å². The lowest BCUT2D eigenvalue weighted by Crippen LogP contribution is -2.30. The number of nitrogens with one attached hydrogen (secondary N) is 3. The van der Waals surface area contributed by atoms with Crippen molar-refractivity contribution in [2.24, 2.45) is 11.8 Å². The summed E-state index contributed by atoms with van der Waals surface area (Å²) in [5.41, 5.74) is 3.26. The van der Waals surface area contributed by atoms with E-state index in [0.29, 0.717) is 46.2 Å². The Morgan fingerprint density at radius 1 is 1.13 bits per heavy atom. The van der Waals surface area contributed by atoms with E-state index in [0.717, 1.165) is 19.3 Å². The molecular weight excluding hydrogens is 501 g/mol. The number of carbonyl (C=O) groups excluding carboxylic acids is 2. The Balaban J connectivity index is 1.66. The van der Waals surface area contributed by atoms with Gasteiger partial charge < -0.3 is 25.8 Å². The Hall–Kier alpha value is -4.05. The van der Waals surface area contributed by atoms with Crippen molar-refractivity contribution >= 4 is 23.4 Å². The molecule has 0 atom stereocenters. The van der Waals surface area contributed by atoms with Gasteiger partial charge in [-0.05, 0) is 79.1 Å². The molecule has 0 saturated heterocycles. The summed E-state index contributed by atoms with van der Waals surface area (Å²) in [6, 6.07) is 9.48. The zero-order chi connectivity index (χ0) is 27.9. The highest BCUT2D eigenvalue weighted by atomic mass is 19.1. The van der Waals surface area contributed by atoms with E-state index in [1.807, 2.05) is 6.07 Å². The summed E-state index contributed by atoms with van der Waals surface area (Å²) in [4.78, 5) is 33.4. The number of aryl methyl sites for hydroxylation is 1. The standard InChI is InChI=1S/C29H34FN5O4/c1-17(2)6-8-32-29(38)34-25-16-22(18(3)12-23(25)30)21-13-24(33-27(15-21)39-11-10-36)20-7-9-31-26(14-20)35-28(37)19-4-5-19/h7,9,12-17,19,36H,4-6,8,10-11H2,1-3H3,(H,31,35,37)(H2,32,34,38). The van der Waals surface area contributed by atoms with E-state index >= 15 is 0 Å². The first-order valence-corrected chi connectivity index (χ1v) is 13.1. The van der Waals surface area contributed by atoms with Crippen LogP contribution in [0.25, 0.3) is 22.4 Å². The highest BCUT2D eigenvalue weighted by Gasteiger charge is 2.29. The molecule has 4 N–H and O–H groups in total. The summed E-state index contributed by atoms with van der Waals surface area (Å²) in [7, 11) is 0. The van der Waals surface area contributed by atoms with Crippen LogP contribution in [0.5, 0.6) is 5.88 Å². The topological polar surface area (TPSA) is 125 Å².